The summed E-state index contributed by atoms with van der Waals surface area (Å²) in [5.41, 5.74) is 7.04. The Bertz CT molecular complexity index is 507. The third kappa shape index (κ3) is 3.22. The van der Waals surface area contributed by atoms with Gasteiger partial charge < -0.3 is 10.6 Å². The second-order valence-corrected chi connectivity index (χ2v) is 5.79. The quantitative estimate of drug-likeness (QED) is 0.933. The van der Waals surface area contributed by atoms with Gasteiger partial charge in [0.05, 0.1) is 0 Å². The van der Waals surface area contributed by atoms with E-state index in [1.165, 1.54) is 5.56 Å². The van der Waals surface area contributed by atoms with E-state index in [1.54, 1.807) is 11.3 Å². The molecule has 0 saturated heterocycles. The molecule has 0 radical (unpaired) electrons. The summed E-state index contributed by atoms with van der Waals surface area (Å²) in [5.74, 6) is 0. The van der Waals surface area contributed by atoms with Crippen molar-refractivity contribution in [2.45, 2.75) is 19.5 Å². The molecular weight excluding hydrogens is 266 g/mol. The van der Waals surface area contributed by atoms with Crippen molar-refractivity contribution in [2.75, 3.05) is 11.9 Å². The molecule has 2 aromatic rings. The van der Waals surface area contributed by atoms with Gasteiger partial charge in [-0.3, -0.25) is 0 Å². The van der Waals surface area contributed by atoms with E-state index in [2.05, 4.69) is 9.88 Å². The Morgan fingerprint density at radius 3 is 2.61 bits per heavy atom. The molecule has 0 fully saturated rings. The predicted molar refractivity (Wildman–Crippen MR) is 78.3 cm³/mol. The molecule has 1 atom stereocenters. The number of hydrogen-bond acceptors (Lipinski definition) is 4. The van der Waals surface area contributed by atoms with Gasteiger partial charge in [-0.25, -0.2) is 4.98 Å². The molecule has 0 bridgehead atoms. The summed E-state index contributed by atoms with van der Waals surface area (Å²) in [6.07, 6.45) is 1.85. The van der Waals surface area contributed by atoms with Crippen molar-refractivity contribution >= 4 is 28.1 Å². The van der Waals surface area contributed by atoms with Gasteiger partial charge in [-0.1, -0.05) is 23.7 Å². The monoisotopic (exact) mass is 281 g/mol. The Balaban J connectivity index is 2.06. The second kappa shape index (κ2) is 5.69. The lowest BCUT2D eigenvalue weighted by molar-refractivity contribution is 0.835. The van der Waals surface area contributed by atoms with E-state index in [1.807, 2.05) is 44.4 Å². The van der Waals surface area contributed by atoms with Crippen LogP contribution in [0, 0.1) is 0 Å². The largest absolute Gasteiger partial charge is 0.347 e. The Kier molecular flexibility index (Phi) is 4.22. The number of benzene rings is 1. The molecular formula is C13H16ClN3S. The number of nitrogens with two attached hydrogens (primary N) is 1. The molecule has 5 heteroatoms. The number of anilines is 1. The fourth-order valence-electron chi connectivity index (χ4n) is 1.60. The van der Waals surface area contributed by atoms with Gasteiger partial charge in [0, 0.05) is 35.7 Å². The molecule has 1 heterocycles. The Hall–Kier alpha value is -1.10. The molecule has 1 unspecified atom stereocenters. The van der Waals surface area contributed by atoms with Crippen LogP contribution in [0.25, 0.3) is 0 Å². The number of rotatable bonds is 4. The van der Waals surface area contributed by atoms with Gasteiger partial charge in [-0.2, -0.15) is 0 Å². The molecule has 0 aliphatic carbocycles. The van der Waals surface area contributed by atoms with Crippen LogP contribution < -0.4 is 10.6 Å². The van der Waals surface area contributed by atoms with Crippen LogP contribution in [-0.2, 0) is 6.54 Å². The molecule has 18 heavy (non-hydrogen) atoms. The number of thiazole rings is 1. The highest BCUT2D eigenvalue weighted by molar-refractivity contribution is 7.15. The van der Waals surface area contributed by atoms with Gasteiger partial charge >= 0.3 is 0 Å². The number of nitrogens with zero attached hydrogens (tertiary/aromatic N) is 2. The van der Waals surface area contributed by atoms with E-state index in [0.29, 0.717) is 0 Å². The number of halogens is 1. The fraction of sp³-hybridized carbons (Fsp3) is 0.308. The lowest BCUT2D eigenvalue weighted by atomic mass is 10.2. The molecule has 96 valence electrons. The highest BCUT2D eigenvalue weighted by Crippen LogP contribution is 2.26. The maximum Gasteiger partial charge on any atom is 0.185 e. The van der Waals surface area contributed by atoms with Gasteiger partial charge in [-0.15, -0.1) is 11.3 Å². The standard InChI is InChI=1S/C13H16ClN3S/c1-9(15)12-7-16-13(18-12)17(2)8-10-3-5-11(14)6-4-10/h3-7,9H,8,15H2,1-2H3. The lowest BCUT2D eigenvalue weighted by Gasteiger charge is -2.15. The van der Waals surface area contributed by atoms with E-state index < -0.39 is 0 Å². The van der Waals surface area contributed by atoms with Crippen molar-refractivity contribution in [2.24, 2.45) is 5.73 Å². The molecule has 0 aliphatic heterocycles. The average Bonchev–Trinajstić information content (AvgIpc) is 2.81. The van der Waals surface area contributed by atoms with E-state index in [4.69, 9.17) is 17.3 Å². The molecule has 2 N–H and O–H groups in total. The summed E-state index contributed by atoms with van der Waals surface area (Å²) in [6, 6.07) is 7.90. The summed E-state index contributed by atoms with van der Waals surface area (Å²) in [6.45, 7) is 2.78. The van der Waals surface area contributed by atoms with Crippen LogP contribution in [0.3, 0.4) is 0 Å². The van der Waals surface area contributed by atoms with Gasteiger partial charge in [0.15, 0.2) is 5.13 Å². The van der Waals surface area contributed by atoms with Crippen molar-refractivity contribution < 1.29 is 0 Å². The maximum absolute atomic E-state index is 5.87. The summed E-state index contributed by atoms with van der Waals surface area (Å²) < 4.78 is 0. The Morgan fingerprint density at radius 2 is 2.06 bits per heavy atom. The van der Waals surface area contributed by atoms with Gasteiger partial charge in [0.2, 0.25) is 0 Å². The lowest BCUT2D eigenvalue weighted by Crippen LogP contribution is -2.15. The van der Waals surface area contributed by atoms with Gasteiger partial charge in [-0.05, 0) is 24.6 Å². The zero-order valence-electron chi connectivity index (χ0n) is 10.4. The van der Waals surface area contributed by atoms with Crippen molar-refractivity contribution in [3.05, 3.63) is 45.9 Å². The van der Waals surface area contributed by atoms with Crippen molar-refractivity contribution in [1.29, 1.82) is 0 Å². The summed E-state index contributed by atoms with van der Waals surface area (Å²) in [5, 5.41) is 1.74. The van der Waals surface area contributed by atoms with Crippen LogP contribution in [0.15, 0.2) is 30.5 Å². The smallest absolute Gasteiger partial charge is 0.185 e. The fourth-order valence-corrected chi connectivity index (χ4v) is 2.55. The Morgan fingerprint density at radius 1 is 1.39 bits per heavy atom. The first-order valence-corrected chi connectivity index (χ1v) is 6.92. The first-order chi connectivity index (χ1) is 8.56. The van der Waals surface area contributed by atoms with Crippen LogP contribution >= 0.6 is 22.9 Å². The minimum Gasteiger partial charge on any atom is -0.347 e. The van der Waals surface area contributed by atoms with Crippen molar-refractivity contribution in [3.63, 3.8) is 0 Å². The normalized spacial score (nSPS) is 12.4. The number of aromatic nitrogens is 1. The van der Waals surface area contributed by atoms with E-state index in [9.17, 15) is 0 Å². The summed E-state index contributed by atoms with van der Waals surface area (Å²) in [7, 11) is 2.03. The summed E-state index contributed by atoms with van der Waals surface area (Å²) in [4.78, 5) is 7.60. The van der Waals surface area contributed by atoms with Crippen LogP contribution in [0.1, 0.15) is 23.4 Å². The minimum atomic E-state index is 0.0418. The van der Waals surface area contributed by atoms with Crippen LogP contribution in [-0.4, -0.2) is 12.0 Å². The highest BCUT2D eigenvalue weighted by atomic mass is 35.5. The summed E-state index contributed by atoms with van der Waals surface area (Å²) >= 11 is 7.50. The van der Waals surface area contributed by atoms with Gasteiger partial charge in [0.1, 0.15) is 0 Å². The molecule has 2 rings (SSSR count). The minimum absolute atomic E-state index is 0.0418. The van der Waals surface area contributed by atoms with Crippen LogP contribution in [0.2, 0.25) is 5.02 Å². The van der Waals surface area contributed by atoms with Gasteiger partial charge in [0.25, 0.3) is 0 Å². The van der Waals surface area contributed by atoms with E-state index >= 15 is 0 Å². The molecule has 0 saturated carbocycles. The van der Waals surface area contributed by atoms with E-state index in [0.717, 1.165) is 21.6 Å². The molecule has 0 aliphatic rings. The third-order valence-corrected chi connectivity index (χ3v) is 4.18. The van der Waals surface area contributed by atoms with Crippen LogP contribution in [0.4, 0.5) is 5.13 Å². The topological polar surface area (TPSA) is 42.1 Å². The van der Waals surface area contributed by atoms with E-state index in [-0.39, 0.29) is 6.04 Å². The maximum atomic E-state index is 5.87. The average molecular weight is 282 g/mol. The molecule has 1 aromatic carbocycles. The highest BCUT2D eigenvalue weighted by Gasteiger charge is 2.09. The molecule has 1 aromatic heterocycles. The molecule has 0 spiro atoms. The van der Waals surface area contributed by atoms with Crippen LogP contribution in [0.5, 0.6) is 0 Å². The first-order valence-electron chi connectivity index (χ1n) is 5.73. The molecule has 3 nitrogen and oxygen atoms in total. The second-order valence-electron chi connectivity index (χ2n) is 4.32. The van der Waals surface area contributed by atoms with Crippen molar-refractivity contribution in [1.82, 2.24) is 4.98 Å². The molecule has 0 amide bonds. The Labute approximate surface area is 116 Å². The predicted octanol–water partition coefficient (Wildman–Crippen LogP) is 3.45. The zero-order valence-corrected chi connectivity index (χ0v) is 12.0. The first kappa shape index (κ1) is 13.3. The number of hydrogen-bond donors (Lipinski definition) is 1. The third-order valence-electron chi connectivity index (χ3n) is 2.62. The zero-order chi connectivity index (χ0) is 13.1. The SMILES string of the molecule is CC(N)c1cnc(N(C)Cc2ccc(Cl)cc2)s1. The van der Waals surface area contributed by atoms with Crippen molar-refractivity contribution in [3.8, 4) is 0 Å².